The van der Waals surface area contributed by atoms with Gasteiger partial charge < -0.3 is 0 Å². The lowest BCUT2D eigenvalue weighted by molar-refractivity contribution is -0.118. The van der Waals surface area contributed by atoms with Crippen molar-refractivity contribution in [2.24, 2.45) is 4.99 Å². The Bertz CT molecular complexity index is 146. The van der Waals surface area contributed by atoms with E-state index in [0.29, 0.717) is 7.05 Å². The van der Waals surface area contributed by atoms with E-state index in [1.165, 1.54) is 0 Å². The van der Waals surface area contributed by atoms with E-state index in [1.807, 2.05) is 0 Å². The van der Waals surface area contributed by atoms with Crippen LogP contribution in [0.1, 0.15) is 0 Å². The van der Waals surface area contributed by atoms with Crippen molar-refractivity contribution in [2.75, 3.05) is 7.05 Å². The first-order valence-electron chi connectivity index (χ1n) is 2.30. The molecule has 0 aliphatic carbocycles. The Morgan fingerprint density at radius 2 is 1.18 bits per heavy atom. The maximum absolute atomic E-state index is 11.4. The van der Waals surface area contributed by atoms with Crippen LogP contribution < -0.4 is 0 Å². The maximum Gasteiger partial charge on any atom is 0.438 e. The van der Waals surface area contributed by atoms with Crippen LogP contribution in [0.4, 0.5) is 26.3 Å². The molecule has 0 bridgehead atoms. The molecule has 0 saturated carbocycles. The van der Waals surface area contributed by atoms with Crippen LogP contribution in [-0.2, 0) is 0 Å². The minimum Gasteiger partial charge on any atom is -0.280 e. The van der Waals surface area contributed by atoms with Crippen LogP contribution in [0.25, 0.3) is 0 Å². The highest BCUT2D eigenvalue weighted by molar-refractivity contribution is 5.94. The van der Waals surface area contributed by atoms with Gasteiger partial charge >= 0.3 is 12.4 Å². The number of rotatable bonds is 0. The van der Waals surface area contributed by atoms with E-state index >= 15 is 0 Å². The number of alkyl halides is 6. The molecule has 0 unspecified atom stereocenters. The molecule has 0 spiro atoms. The second kappa shape index (κ2) is 2.71. The van der Waals surface area contributed by atoms with E-state index in [-0.39, 0.29) is 0 Å². The monoisotopic (exact) mass is 179 g/mol. The van der Waals surface area contributed by atoms with E-state index < -0.39 is 18.1 Å². The molecule has 11 heavy (non-hydrogen) atoms. The summed E-state index contributed by atoms with van der Waals surface area (Å²) in [5, 5.41) is 0. The molecular formula is C4H3F6N. The summed E-state index contributed by atoms with van der Waals surface area (Å²) in [6.07, 6.45) is -10.8. The number of halogens is 6. The fourth-order valence-corrected chi connectivity index (χ4v) is 0.414. The lowest BCUT2D eigenvalue weighted by atomic mass is 10.3. The molecule has 0 rings (SSSR count). The molecule has 1 nitrogen and oxygen atoms in total. The zero-order valence-electron chi connectivity index (χ0n) is 5.22. The smallest absolute Gasteiger partial charge is 0.280 e. The molecule has 66 valence electrons. The zero-order chi connectivity index (χ0) is 9.28. The Labute approximate surface area is 57.7 Å². The van der Waals surface area contributed by atoms with Gasteiger partial charge in [0.15, 0.2) is 0 Å². The molecule has 0 aliphatic heterocycles. The van der Waals surface area contributed by atoms with Gasteiger partial charge in [-0.05, 0) is 0 Å². The minimum atomic E-state index is -5.42. The highest BCUT2D eigenvalue weighted by Gasteiger charge is 2.52. The number of aliphatic imine (C=N–C) groups is 1. The van der Waals surface area contributed by atoms with Crippen LogP contribution in [0.2, 0.25) is 0 Å². The van der Waals surface area contributed by atoms with Crippen LogP contribution in [0.3, 0.4) is 0 Å². The Hall–Kier alpha value is -0.750. The zero-order valence-corrected chi connectivity index (χ0v) is 5.22. The maximum atomic E-state index is 11.4. The number of hydrogen-bond donors (Lipinski definition) is 0. The molecule has 0 N–H and O–H groups in total. The molecule has 0 radical (unpaired) electrons. The molecule has 0 amide bonds. The second-order valence-corrected chi connectivity index (χ2v) is 1.57. The average Bonchev–Trinajstić information content (AvgIpc) is 1.56. The summed E-state index contributed by atoms with van der Waals surface area (Å²) in [7, 11) is 0.441. The molecule has 0 aromatic rings. The topological polar surface area (TPSA) is 12.4 Å². The summed E-state index contributed by atoms with van der Waals surface area (Å²) in [5.41, 5.74) is -2.72. The summed E-state index contributed by atoms with van der Waals surface area (Å²) >= 11 is 0. The van der Waals surface area contributed by atoms with Crippen LogP contribution in [0.15, 0.2) is 4.99 Å². The SMILES string of the molecule is CN=C(C(F)(F)F)C(F)(F)F. The largest absolute Gasteiger partial charge is 0.438 e. The molecule has 7 heteroatoms. The van der Waals surface area contributed by atoms with Gasteiger partial charge in [-0.15, -0.1) is 0 Å². The van der Waals surface area contributed by atoms with E-state index in [1.54, 1.807) is 0 Å². The van der Waals surface area contributed by atoms with Crippen LogP contribution >= 0.6 is 0 Å². The van der Waals surface area contributed by atoms with Gasteiger partial charge in [0.2, 0.25) is 5.71 Å². The van der Waals surface area contributed by atoms with E-state index in [9.17, 15) is 26.3 Å². The van der Waals surface area contributed by atoms with Gasteiger partial charge in [0, 0.05) is 7.05 Å². The van der Waals surface area contributed by atoms with Crippen LogP contribution in [0, 0.1) is 0 Å². The summed E-state index contributed by atoms with van der Waals surface area (Å²) in [6.45, 7) is 0. The van der Waals surface area contributed by atoms with Gasteiger partial charge in [-0.25, -0.2) is 0 Å². The molecule has 0 saturated heterocycles. The third-order valence-corrected chi connectivity index (χ3v) is 0.761. The second-order valence-electron chi connectivity index (χ2n) is 1.57. The quantitative estimate of drug-likeness (QED) is 0.399. The lowest BCUT2D eigenvalue weighted by Crippen LogP contribution is -2.36. The Balaban J connectivity index is 4.74. The number of nitrogens with zero attached hydrogens (tertiary/aromatic N) is 1. The first-order chi connectivity index (χ1) is 4.69. The van der Waals surface area contributed by atoms with Gasteiger partial charge in [0.1, 0.15) is 0 Å². The van der Waals surface area contributed by atoms with Crippen molar-refractivity contribution in [1.29, 1.82) is 0 Å². The first kappa shape index (κ1) is 10.2. The van der Waals surface area contributed by atoms with Crippen molar-refractivity contribution in [3.63, 3.8) is 0 Å². The lowest BCUT2D eigenvalue weighted by Gasteiger charge is -2.11. The first-order valence-corrected chi connectivity index (χ1v) is 2.30. The van der Waals surface area contributed by atoms with Crippen LogP contribution in [0.5, 0.6) is 0 Å². The molecule has 0 atom stereocenters. The Morgan fingerprint density at radius 3 is 1.18 bits per heavy atom. The minimum absolute atomic E-state index is 0.441. The van der Waals surface area contributed by atoms with Gasteiger partial charge in [0.25, 0.3) is 0 Å². The number of hydrogen-bond acceptors (Lipinski definition) is 1. The van der Waals surface area contributed by atoms with E-state index in [2.05, 4.69) is 4.99 Å². The summed E-state index contributed by atoms with van der Waals surface area (Å²) in [4.78, 5) is 2.10. The van der Waals surface area contributed by atoms with Crippen LogP contribution in [-0.4, -0.2) is 25.1 Å². The third-order valence-electron chi connectivity index (χ3n) is 0.761. The van der Waals surface area contributed by atoms with Gasteiger partial charge in [-0.2, -0.15) is 26.3 Å². The Morgan fingerprint density at radius 1 is 0.909 bits per heavy atom. The van der Waals surface area contributed by atoms with Crippen molar-refractivity contribution in [3.05, 3.63) is 0 Å². The predicted molar refractivity (Wildman–Crippen MR) is 25.5 cm³/mol. The fourth-order valence-electron chi connectivity index (χ4n) is 0.414. The van der Waals surface area contributed by atoms with Crippen molar-refractivity contribution < 1.29 is 26.3 Å². The van der Waals surface area contributed by atoms with E-state index in [4.69, 9.17) is 0 Å². The summed E-state index contributed by atoms with van der Waals surface area (Å²) < 4.78 is 68.2. The highest BCUT2D eigenvalue weighted by Crippen LogP contribution is 2.29. The standard InChI is InChI=1S/C4H3F6N/c1-11-2(3(5,6)7)4(8,9)10/h1H3. The van der Waals surface area contributed by atoms with Crippen molar-refractivity contribution in [2.45, 2.75) is 12.4 Å². The molecule has 0 aliphatic rings. The fraction of sp³-hybridized carbons (Fsp3) is 0.750. The molecule has 0 aromatic carbocycles. The molecule has 0 aromatic heterocycles. The molecular weight excluding hydrogens is 176 g/mol. The normalized spacial score (nSPS) is 13.0. The van der Waals surface area contributed by atoms with Gasteiger partial charge in [-0.3, -0.25) is 4.99 Å². The van der Waals surface area contributed by atoms with Gasteiger partial charge in [0.05, 0.1) is 0 Å². The summed E-state index contributed by atoms with van der Waals surface area (Å²) in [5.74, 6) is 0. The Kier molecular flexibility index (Phi) is 2.52. The molecule has 0 heterocycles. The van der Waals surface area contributed by atoms with E-state index in [0.717, 1.165) is 0 Å². The highest BCUT2D eigenvalue weighted by atomic mass is 19.4. The van der Waals surface area contributed by atoms with Crippen molar-refractivity contribution >= 4 is 5.71 Å². The van der Waals surface area contributed by atoms with Crippen molar-refractivity contribution in [1.82, 2.24) is 0 Å². The third kappa shape index (κ3) is 2.77. The van der Waals surface area contributed by atoms with Gasteiger partial charge in [-0.1, -0.05) is 0 Å². The summed E-state index contributed by atoms with van der Waals surface area (Å²) in [6, 6.07) is 0. The predicted octanol–water partition coefficient (Wildman–Crippen LogP) is 2.18. The average molecular weight is 179 g/mol. The molecule has 0 fully saturated rings. The van der Waals surface area contributed by atoms with Crippen molar-refractivity contribution in [3.8, 4) is 0 Å².